The molecule has 0 atom stereocenters. The third-order valence-electron chi connectivity index (χ3n) is 4.43. The quantitative estimate of drug-likeness (QED) is 0.859. The Labute approximate surface area is 142 Å². The Morgan fingerprint density at radius 2 is 1.62 bits per heavy atom. The molecule has 24 heavy (non-hydrogen) atoms. The molecular formula is C18H22N6. The topological polar surface area (TPSA) is 68.9 Å². The average Bonchev–Trinajstić information content (AvgIpc) is 2.67. The van der Waals surface area contributed by atoms with E-state index in [1.807, 2.05) is 24.3 Å². The van der Waals surface area contributed by atoms with Gasteiger partial charge in [0.1, 0.15) is 6.07 Å². The SMILES string of the molecule is CCc1nnc(N2CCN(c3ccccc3C#N)CC2)nc1CC. The van der Waals surface area contributed by atoms with Crippen LogP contribution in [0.1, 0.15) is 30.8 Å². The lowest BCUT2D eigenvalue weighted by molar-refractivity contribution is 0.629. The fourth-order valence-corrected chi connectivity index (χ4v) is 3.05. The van der Waals surface area contributed by atoms with Gasteiger partial charge in [0.25, 0.3) is 0 Å². The summed E-state index contributed by atoms with van der Waals surface area (Å²) in [5.41, 5.74) is 3.77. The zero-order valence-electron chi connectivity index (χ0n) is 14.2. The van der Waals surface area contributed by atoms with E-state index in [2.05, 4.69) is 39.9 Å². The van der Waals surface area contributed by atoms with Crippen LogP contribution in [0.3, 0.4) is 0 Å². The summed E-state index contributed by atoms with van der Waals surface area (Å²) in [5, 5.41) is 17.9. The molecule has 0 amide bonds. The maximum Gasteiger partial charge on any atom is 0.245 e. The summed E-state index contributed by atoms with van der Waals surface area (Å²) in [4.78, 5) is 9.13. The molecule has 0 N–H and O–H groups in total. The van der Waals surface area contributed by atoms with Gasteiger partial charge in [-0.2, -0.15) is 10.4 Å². The summed E-state index contributed by atoms with van der Waals surface area (Å²) in [6.07, 6.45) is 1.74. The predicted molar refractivity (Wildman–Crippen MR) is 94.2 cm³/mol. The van der Waals surface area contributed by atoms with Crippen molar-refractivity contribution >= 4 is 11.6 Å². The van der Waals surface area contributed by atoms with E-state index in [0.717, 1.165) is 67.6 Å². The van der Waals surface area contributed by atoms with E-state index in [1.165, 1.54) is 0 Å². The molecule has 0 unspecified atom stereocenters. The highest BCUT2D eigenvalue weighted by Crippen LogP contribution is 2.22. The van der Waals surface area contributed by atoms with Crippen LogP contribution in [0.5, 0.6) is 0 Å². The van der Waals surface area contributed by atoms with Crippen LogP contribution >= 0.6 is 0 Å². The highest BCUT2D eigenvalue weighted by Gasteiger charge is 2.21. The van der Waals surface area contributed by atoms with Gasteiger partial charge in [-0.15, -0.1) is 5.10 Å². The normalized spacial score (nSPS) is 14.5. The first-order chi connectivity index (χ1) is 11.8. The average molecular weight is 322 g/mol. The van der Waals surface area contributed by atoms with E-state index in [9.17, 15) is 5.26 Å². The fourth-order valence-electron chi connectivity index (χ4n) is 3.05. The first-order valence-corrected chi connectivity index (χ1v) is 8.48. The smallest absolute Gasteiger partial charge is 0.245 e. The molecule has 1 aromatic heterocycles. The summed E-state index contributed by atoms with van der Waals surface area (Å²) < 4.78 is 0. The molecule has 2 heterocycles. The monoisotopic (exact) mass is 322 g/mol. The van der Waals surface area contributed by atoms with Crippen molar-refractivity contribution in [3.8, 4) is 6.07 Å². The number of anilines is 2. The summed E-state index contributed by atoms with van der Waals surface area (Å²) >= 11 is 0. The van der Waals surface area contributed by atoms with E-state index in [4.69, 9.17) is 4.98 Å². The minimum absolute atomic E-state index is 0.720. The first kappa shape index (κ1) is 16.2. The van der Waals surface area contributed by atoms with Gasteiger partial charge in [0.2, 0.25) is 5.95 Å². The summed E-state index contributed by atoms with van der Waals surface area (Å²) in [5.74, 6) is 0.720. The molecule has 1 aromatic carbocycles. The standard InChI is InChI=1S/C18H22N6/c1-3-15-16(4-2)21-22-18(20-15)24-11-9-23(10-12-24)17-8-6-5-7-14(17)13-19/h5-8H,3-4,9-12H2,1-2H3. The van der Waals surface area contributed by atoms with E-state index < -0.39 is 0 Å². The third-order valence-corrected chi connectivity index (χ3v) is 4.43. The number of hydrogen-bond acceptors (Lipinski definition) is 6. The van der Waals surface area contributed by atoms with E-state index in [-0.39, 0.29) is 0 Å². The molecule has 3 rings (SSSR count). The molecule has 1 aliphatic heterocycles. The van der Waals surface area contributed by atoms with Gasteiger partial charge < -0.3 is 9.80 Å². The number of aromatic nitrogens is 3. The molecule has 1 aliphatic rings. The molecule has 0 aliphatic carbocycles. The van der Waals surface area contributed by atoms with Gasteiger partial charge in [0, 0.05) is 26.2 Å². The van der Waals surface area contributed by atoms with Crippen molar-refractivity contribution in [1.29, 1.82) is 5.26 Å². The molecule has 6 nitrogen and oxygen atoms in total. The summed E-state index contributed by atoms with van der Waals surface area (Å²) in [6, 6.07) is 10.0. The number of rotatable bonds is 4. The number of para-hydroxylation sites is 1. The van der Waals surface area contributed by atoms with Gasteiger partial charge in [-0.3, -0.25) is 0 Å². The van der Waals surface area contributed by atoms with Gasteiger partial charge in [-0.05, 0) is 25.0 Å². The molecule has 0 radical (unpaired) electrons. The van der Waals surface area contributed by atoms with Crippen LogP contribution in [0.15, 0.2) is 24.3 Å². The lowest BCUT2D eigenvalue weighted by atomic mass is 10.1. The number of hydrogen-bond donors (Lipinski definition) is 0. The largest absolute Gasteiger partial charge is 0.367 e. The molecule has 1 fully saturated rings. The van der Waals surface area contributed by atoms with Crippen molar-refractivity contribution in [2.75, 3.05) is 36.0 Å². The molecule has 2 aromatic rings. The van der Waals surface area contributed by atoms with Crippen LogP contribution in [0, 0.1) is 11.3 Å². The van der Waals surface area contributed by atoms with Gasteiger partial charge in [0.05, 0.1) is 22.6 Å². The number of nitrogens with zero attached hydrogens (tertiary/aromatic N) is 6. The van der Waals surface area contributed by atoms with Gasteiger partial charge >= 0.3 is 0 Å². The van der Waals surface area contributed by atoms with Gasteiger partial charge in [0.15, 0.2) is 0 Å². The second-order valence-corrected chi connectivity index (χ2v) is 5.82. The fraction of sp³-hybridized carbons (Fsp3) is 0.444. The summed E-state index contributed by atoms with van der Waals surface area (Å²) in [7, 11) is 0. The third kappa shape index (κ3) is 3.16. The number of benzene rings is 1. The maximum absolute atomic E-state index is 9.27. The number of nitriles is 1. The zero-order valence-corrected chi connectivity index (χ0v) is 14.2. The molecule has 0 saturated carbocycles. The molecule has 124 valence electrons. The second kappa shape index (κ2) is 7.26. The number of piperazine rings is 1. The highest BCUT2D eigenvalue weighted by molar-refractivity contribution is 5.60. The Balaban J connectivity index is 1.72. The Hall–Kier alpha value is -2.68. The lowest BCUT2D eigenvalue weighted by Gasteiger charge is -2.36. The van der Waals surface area contributed by atoms with Gasteiger partial charge in [-0.1, -0.05) is 26.0 Å². The molecule has 0 bridgehead atoms. The van der Waals surface area contributed by atoms with E-state index in [0.29, 0.717) is 0 Å². The molecule has 6 heteroatoms. The Bertz CT molecular complexity index is 743. The van der Waals surface area contributed by atoms with Crippen LogP contribution < -0.4 is 9.80 Å². The Morgan fingerprint density at radius 3 is 2.29 bits per heavy atom. The van der Waals surface area contributed by atoms with Crippen LogP contribution in [-0.4, -0.2) is 41.4 Å². The lowest BCUT2D eigenvalue weighted by Crippen LogP contribution is -2.47. The highest BCUT2D eigenvalue weighted by atomic mass is 15.4. The van der Waals surface area contributed by atoms with Crippen molar-refractivity contribution in [2.45, 2.75) is 26.7 Å². The van der Waals surface area contributed by atoms with Crippen LogP contribution in [0.25, 0.3) is 0 Å². The first-order valence-electron chi connectivity index (χ1n) is 8.48. The van der Waals surface area contributed by atoms with Crippen LogP contribution in [-0.2, 0) is 12.8 Å². The molecule has 1 saturated heterocycles. The van der Waals surface area contributed by atoms with Crippen LogP contribution in [0.4, 0.5) is 11.6 Å². The van der Waals surface area contributed by atoms with Crippen molar-refractivity contribution < 1.29 is 0 Å². The van der Waals surface area contributed by atoms with Crippen molar-refractivity contribution in [1.82, 2.24) is 15.2 Å². The predicted octanol–water partition coefficient (Wildman–Crippen LogP) is 2.19. The Morgan fingerprint density at radius 1 is 0.958 bits per heavy atom. The minimum atomic E-state index is 0.720. The van der Waals surface area contributed by atoms with E-state index >= 15 is 0 Å². The zero-order chi connectivity index (χ0) is 16.9. The molecule has 0 spiro atoms. The van der Waals surface area contributed by atoms with Crippen molar-refractivity contribution in [2.24, 2.45) is 0 Å². The molecular weight excluding hydrogens is 300 g/mol. The minimum Gasteiger partial charge on any atom is -0.367 e. The van der Waals surface area contributed by atoms with E-state index in [1.54, 1.807) is 0 Å². The van der Waals surface area contributed by atoms with Crippen LogP contribution in [0.2, 0.25) is 0 Å². The van der Waals surface area contributed by atoms with Gasteiger partial charge in [-0.25, -0.2) is 4.98 Å². The second-order valence-electron chi connectivity index (χ2n) is 5.82. The Kier molecular flexibility index (Phi) is 4.90. The van der Waals surface area contributed by atoms with Crippen molar-refractivity contribution in [3.63, 3.8) is 0 Å². The van der Waals surface area contributed by atoms with Crippen molar-refractivity contribution in [3.05, 3.63) is 41.2 Å². The summed E-state index contributed by atoms with van der Waals surface area (Å²) in [6.45, 7) is 7.53. The number of aryl methyl sites for hydroxylation is 2. The maximum atomic E-state index is 9.27.